The minimum Gasteiger partial charge on any atom is -0.480 e. The Morgan fingerprint density at radius 2 is 0.682 bits per heavy atom. The van der Waals surface area contributed by atoms with Gasteiger partial charge in [-0.1, -0.05) is 0 Å². The van der Waals surface area contributed by atoms with Crippen molar-refractivity contribution >= 4 is 31.2 Å². The summed E-state index contributed by atoms with van der Waals surface area (Å²) in [6.07, 6.45) is 0. The topological polar surface area (TPSA) is 210 Å². The van der Waals surface area contributed by atoms with Gasteiger partial charge in [-0.15, -0.1) is 0 Å². The molecular weight excluding hydrogens is 307 g/mol. The Labute approximate surface area is 125 Å². The third-order valence-electron chi connectivity index (χ3n) is 2.14. The van der Waals surface area contributed by atoms with Gasteiger partial charge in [0.1, 0.15) is 0 Å². The van der Waals surface area contributed by atoms with Crippen molar-refractivity contribution in [3.63, 3.8) is 0 Å². The Kier molecular flexibility index (Phi) is 10.9. The van der Waals surface area contributed by atoms with Crippen LogP contribution in [-0.4, -0.2) is 66.7 Å². The average Bonchev–Trinajstić information content (AvgIpc) is 2.27. The lowest BCUT2D eigenvalue weighted by Crippen LogP contribution is -2.32. The van der Waals surface area contributed by atoms with Crippen molar-refractivity contribution in [2.75, 3.05) is 0 Å². The second kappa shape index (κ2) is 9.71. The van der Waals surface area contributed by atoms with Gasteiger partial charge < -0.3 is 35.5 Å². The molecule has 0 radical (unpaired) electrons. The predicted molar refractivity (Wildman–Crippen MR) is 70.5 cm³/mol. The molecule has 0 saturated heterocycles. The Morgan fingerprint density at radius 3 is 0.682 bits per heavy atom. The monoisotopic (exact) mass is 326 g/mol. The smallest absolute Gasteiger partial charge is 0.480 e. The van der Waals surface area contributed by atoms with E-state index in [4.69, 9.17) is 35.5 Å². The van der Waals surface area contributed by atoms with Crippen molar-refractivity contribution in [3.05, 3.63) is 0 Å². The number of carboxylic acids is 4. The molecule has 0 aromatic rings. The van der Waals surface area contributed by atoms with Gasteiger partial charge in [-0.2, -0.15) is 0 Å². The summed E-state index contributed by atoms with van der Waals surface area (Å²) in [7, 11) is -2.17. The van der Waals surface area contributed by atoms with Gasteiger partial charge in [0.15, 0.2) is 10.8 Å². The summed E-state index contributed by atoms with van der Waals surface area (Å²) in [5.41, 5.74) is -3.33. The van der Waals surface area contributed by atoms with E-state index in [2.05, 4.69) is 0 Å². The van der Waals surface area contributed by atoms with Crippen molar-refractivity contribution in [1.82, 2.24) is 0 Å². The molecular formula is C10H19BO11. The molecule has 0 heterocycles. The van der Waals surface area contributed by atoms with Gasteiger partial charge in [0, 0.05) is 0 Å². The van der Waals surface area contributed by atoms with Gasteiger partial charge in [0.25, 0.3) is 0 Å². The summed E-state index contributed by atoms with van der Waals surface area (Å²) >= 11 is 0. The maximum atomic E-state index is 10.1. The summed E-state index contributed by atoms with van der Waals surface area (Å²) in [5, 5.41) is 54.4. The normalized spacial score (nSPS) is 10.1. The number of hydrogen-bond acceptors (Lipinski definition) is 7. The lowest BCUT2D eigenvalue weighted by molar-refractivity contribution is -0.163. The van der Waals surface area contributed by atoms with Crippen LogP contribution in [0.15, 0.2) is 0 Å². The molecule has 0 amide bonds. The second-order valence-corrected chi connectivity index (χ2v) is 4.82. The highest BCUT2D eigenvalue weighted by Gasteiger charge is 2.36. The minimum absolute atomic E-state index is 1.14. The van der Waals surface area contributed by atoms with Crippen molar-refractivity contribution in [2.45, 2.75) is 27.7 Å². The molecule has 0 aromatic carbocycles. The molecule has 0 aliphatic carbocycles. The predicted octanol–water partition coefficient (Wildman–Crippen LogP) is -1.69. The Morgan fingerprint density at radius 1 is 0.591 bits per heavy atom. The Balaban J connectivity index is -0.000000266. The Bertz CT molecular complexity index is 342. The lowest BCUT2D eigenvalue weighted by atomic mass is 9.95. The molecule has 0 fully saturated rings. The zero-order valence-corrected chi connectivity index (χ0v) is 12.3. The molecule has 22 heavy (non-hydrogen) atoms. The van der Waals surface area contributed by atoms with Crippen molar-refractivity contribution < 1.29 is 54.7 Å². The van der Waals surface area contributed by atoms with Gasteiger partial charge in [-0.05, 0) is 27.7 Å². The first-order valence-corrected chi connectivity index (χ1v) is 5.49. The summed E-state index contributed by atoms with van der Waals surface area (Å²) in [5.74, 6) is -5.30. The van der Waals surface area contributed by atoms with E-state index in [0.717, 1.165) is 27.7 Å². The molecule has 7 N–H and O–H groups in total. The molecule has 0 aromatic heterocycles. The molecule has 0 bridgehead atoms. The fourth-order valence-corrected chi connectivity index (χ4v) is 0.183. The summed E-state index contributed by atoms with van der Waals surface area (Å²) in [6.45, 7) is 4.55. The van der Waals surface area contributed by atoms with Crippen LogP contribution in [0.4, 0.5) is 0 Å². The van der Waals surface area contributed by atoms with E-state index in [-0.39, 0.29) is 0 Å². The molecule has 11 nitrogen and oxygen atoms in total. The summed E-state index contributed by atoms with van der Waals surface area (Å²) < 4.78 is 0. The van der Waals surface area contributed by atoms with Crippen LogP contribution in [0.5, 0.6) is 0 Å². The largest absolute Gasteiger partial charge is 0.631 e. The van der Waals surface area contributed by atoms with E-state index in [0.29, 0.717) is 0 Å². The van der Waals surface area contributed by atoms with Crippen molar-refractivity contribution in [3.8, 4) is 0 Å². The highest BCUT2D eigenvalue weighted by Crippen LogP contribution is 2.14. The van der Waals surface area contributed by atoms with E-state index in [1.807, 2.05) is 0 Å². The first-order chi connectivity index (χ1) is 9.51. The highest BCUT2D eigenvalue weighted by atomic mass is 16.5. The van der Waals surface area contributed by atoms with Crippen LogP contribution in [0, 0.1) is 10.8 Å². The van der Waals surface area contributed by atoms with Crippen LogP contribution in [0.3, 0.4) is 0 Å². The van der Waals surface area contributed by atoms with Crippen LogP contribution in [-0.2, 0) is 19.2 Å². The maximum Gasteiger partial charge on any atom is 0.631 e. The molecule has 0 aliphatic heterocycles. The first kappa shape index (κ1) is 24.8. The number of carboxylic acid groups (broad SMARTS) is 4. The number of aliphatic carboxylic acids is 4. The van der Waals surface area contributed by atoms with E-state index in [9.17, 15) is 19.2 Å². The maximum absolute atomic E-state index is 10.1. The summed E-state index contributed by atoms with van der Waals surface area (Å²) in [6, 6.07) is 0. The third-order valence-corrected chi connectivity index (χ3v) is 2.14. The van der Waals surface area contributed by atoms with Crippen LogP contribution in [0.25, 0.3) is 0 Å². The standard InChI is InChI=1S/2C5H8O4.BH3O3/c2*1-5(2,3(6)7)4(8)9;2-1(3)4/h2*1-2H3,(H,6,7)(H,8,9);2-4H. The molecule has 128 valence electrons. The van der Waals surface area contributed by atoms with E-state index < -0.39 is 42.0 Å². The van der Waals surface area contributed by atoms with E-state index in [1.54, 1.807) is 0 Å². The molecule has 0 spiro atoms. The van der Waals surface area contributed by atoms with E-state index in [1.165, 1.54) is 0 Å². The zero-order chi connectivity index (χ0) is 18.9. The van der Waals surface area contributed by atoms with Crippen LogP contribution in [0.1, 0.15) is 27.7 Å². The van der Waals surface area contributed by atoms with Crippen molar-refractivity contribution in [2.24, 2.45) is 10.8 Å². The van der Waals surface area contributed by atoms with Crippen LogP contribution >= 0.6 is 0 Å². The molecule has 0 atom stereocenters. The van der Waals surface area contributed by atoms with Gasteiger partial charge in [0.2, 0.25) is 0 Å². The first-order valence-electron chi connectivity index (χ1n) is 5.49. The summed E-state index contributed by atoms with van der Waals surface area (Å²) in [4.78, 5) is 40.3. The highest BCUT2D eigenvalue weighted by molar-refractivity contribution is 6.30. The SMILES string of the molecule is CC(C)(C(=O)O)C(=O)O.CC(C)(C(=O)O)C(=O)O.OB(O)O. The lowest BCUT2D eigenvalue weighted by Gasteiger charge is -2.10. The van der Waals surface area contributed by atoms with Crippen molar-refractivity contribution in [1.29, 1.82) is 0 Å². The second-order valence-electron chi connectivity index (χ2n) is 4.82. The minimum atomic E-state index is -2.17. The van der Waals surface area contributed by atoms with Gasteiger partial charge in [0.05, 0.1) is 0 Å². The van der Waals surface area contributed by atoms with Gasteiger partial charge >= 0.3 is 31.2 Å². The number of carbonyl (C=O) groups is 4. The number of hydrogen-bond donors (Lipinski definition) is 7. The molecule has 0 saturated carbocycles. The molecule has 0 unspecified atom stereocenters. The fraction of sp³-hybridized carbons (Fsp3) is 0.600. The quantitative estimate of drug-likeness (QED) is 0.229. The van der Waals surface area contributed by atoms with Crippen LogP contribution in [0.2, 0.25) is 0 Å². The molecule has 12 heteroatoms. The third kappa shape index (κ3) is 10.6. The number of rotatable bonds is 4. The zero-order valence-electron chi connectivity index (χ0n) is 12.3. The van der Waals surface area contributed by atoms with Gasteiger partial charge in [-0.25, -0.2) is 0 Å². The van der Waals surface area contributed by atoms with E-state index >= 15 is 0 Å². The molecule has 0 aliphatic rings. The Hall–Kier alpha value is -2.18. The average molecular weight is 326 g/mol. The van der Waals surface area contributed by atoms with Crippen LogP contribution < -0.4 is 0 Å². The molecule has 0 rings (SSSR count). The van der Waals surface area contributed by atoms with Gasteiger partial charge in [-0.3, -0.25) is 19.2 Å². The fourth-order valence-electron chi connectivity index (χ4n) is 0.183.